The minimum Gasteiger partial charge on any atom is -0.378 e. The number of hydrogen-bond donors (Lipinski definition) is 0. The van der Waals surface area contributed by atoms with Crippen LogP contribution in [-0.2, 0) is 4.74 Å². The first-order valence-electron chi connectivity index (χ1n) is 7.14. The van der Waals surface area contributed by atoms with E-state index >= 15 is 0 Å². The lowest BCUT2D eigenvalue weighted by Gasteiger charge is -2.29. The average molecular weight is 271 g/mol. The van der Waals surface area contributed by atoms with E-state index in [1.54, 1.807) is 12.4 Å². The molecule has 0 N–H and O–H groups in total. The fraction of sp³-hybridized carbons (Fsp3) is 0.375. The van der Waals surface area contributed by atoms with Gasteiger partial charge in [-0.2, -0.15) is 0 Å². The molecular formula is C16H21N3O. The zero-order chi connectivity index (χ0) is 14.2. The fourth-order valence-corrected chi connectivity index (χ4v) is 2.11. The van der Waals surface area contributed by atoms with E-state index in [1.807, 2.05) is 26.0 Å². The van der Waals surface area contributed by atoms with Gasteiger partial charge in [0.15, 0.2) is 5.82 Å². The molecule has 1 aliphatic heterocycles. The van der Waals surface area contributed by atoms with E-state index in [4.69, 9.17) is 4.74 Å². The van der Waals surface area contributed by atoms with E-state index in [1.165, 1.54) is 5.69 Å². The molecule has 1 aromatic carbocycles. The zero-order valence-electron chi connectivity index (χ0n) is 12.1. The summed E-state index contributed by atoms with van der Waals surface area (Å²) in [4.78, 5) is 10.9. The second kappa shape index (κ2) is 7.60. The van der Waals surface area contributed by atoms with E-state index in [0.29, 0.717) is 0 Å². The second-order valence-electron chi connectivity index (χ2n) is 4.22. The SMILES string of the molecule is CC.c1cnc(-c2cccc(N3CCOCC3)c2)nc1. The number of rotatable bonds is 2. The van der Waals surface area contributed by atoms with Crippen LogP contribution in [0.5, 0.6) is 0 Å². The molecule has 0 unspecified atom stereocenters. The Morgan fingerprint density at radius 2 is 1.70 bits per heavy atom. The van der Waals surface area contributed by atoms with Crippen molar-refractivity contribution in [1.82, 2.24) is 9.97 Å². The molecule has 0 aliphatic carbocycles. The molecular weight excluding hydrogens is 250 g/mol. The molecule has 0 spiro atoms. The van der Waals surface area contributed by atoms with Crippen LogP contribution in [0.4, 0.5) is 5.69 Å². The smallest absolute Gasteiger partial charge is 0.159 e. The highest BCUT2D eigenvalue weighted by molar-refractivity contribution is 5.63. The molecule has 4 nitrogen and oxygen atoms in total. The molecule has 0 saturated carbocycles. The normalized spacial score (nSPS) is 14.4. The first kappa shape index (κ1) is 14.5. The van der Waals surface area contributed by atoms with Crippen LogP contribution in [0.2, 0.25) is 0 Å². The topological polar surface area (TPSA) is 38.2 Å². The Morgan fingerprint density at radius 3 is 2.40 bits per heavy atom. The highest BCUT2D eigenvalue weighted by Gasteiger charge is 2.11. The first-order chi connectivity index (χ1) is 9.93. The summed E-state index contributed by atoms with van der Waals surface area (Å²) in [6, 6.07) is 10.2. The van der Waals surface area contributed by atoms with E-state index < -0.39 is 0 Å². The molecule has 2 aromatic rings. The van der Waals surface area contributed by atoms with Crippen molar-refractivity contribution in [1.29, 1.82) is 0 Å². The van der Waals surface area contributed by atoms with Crippen LogP contribution in [0, 0.1) is 0 Å². The van der Waals surface area contributed by atoms with Gasteiger partial charge in [-0.15, -0.1) is 0 Å². The van der Waals surface area contributed by atoms with Crippen LogP contribution in [0.1, 0.15) is 13.8 Å². The third kappa shape index (κ3) is 3.54. The van der Waals surface area contributed by atoms with Gasteiger partial charge in [-0.1, -0.05) is 26.0 Å². The summed E-state index contributed by atoms with van der Waals surface area (Å²) < 4.78 is 5.37. The lowest BCUT2D eigenvalue weighted by molar-refractivity contribution is 0.122. The van der Waals surface area contributed by atoms with Crippen molar-refractivity contribution in [3.8, 4) is 11.4 Å². The van der Waals surface area contributed by atoms with Crippen molar-refractivity contribution < 1.29 is 4.74 Å². The summed E-state index contributed by atoms with van der Waals surface area (Å²) in [5.74, 6) is 0.771. The Balaban J connectivity index is 0.000000704. The van der Waals surface area contributed by atoms with Gasteiger partial charge in [0, 0.05) is 36.7 Å². The molecule has 0 radical (unpaired) electrons. The van der Waals surface area contributed by atoms with Gasteiger partial charge in [0.1, 0.15) is 0 Å². The van der Waals surface area contributed by atoms with Crippen molar-refractivity contribution >= 4 is 5.69 Å². The maximum atomic E-state index is 5.37. The summed E-state index contributed by atoms with van der Waals surface area (Å²) >= 11 is 0. The number of ether oxygens (including phenoxy) is 1. The van der Waals surface area contributed by atoms with Crippen LogP contribution in [0.25, 0.3) is 11.4 Å². The molecule has 106 valence electrons. The molecule has 1 aliphatic rings. The Hall–Kier alpha value is -1.94. The third-order valence-electron chi connectivity index (χ3n) is 3.05. The quantitative estimate of drug-likeness (QED) is 0.841. The molecule has 4 heteroatoms. The molecule has 1 aromatic heterocycles. The van der Waals surface area contributed by atoms with Crippen LogP contribution >= 0.6 is 0 Å². The first-order valence-corrected chi connectivity index (χ1v) is 7.14. The van der Waals surface area contributed by atoms with Gasteiger partial charge >= 0.3 is 0 Å². The Morgan fingerprint density at radius 1 is 1.00 bits per heavy atom. The number of benzene rings is 1. The minimum absolute atomic E-state index is 0.771. The summed E-state index contributed by atoms with van der Waals surface area (Å²) in [5.41, 5.74) is 2.27. The molecule has 3 rings (SSSR count). The third-order valence-corrected chi connectivity index (χ3v) is 3.05. The molecule has 1 saturated heterocycles. The summed E-state index contributed by atoms with van der Waals surface area (Å²) in [6.07, 6.45) is 3.54. The maximum absolute atomic E-state index is 5.37. The minimum atomic E-state index is 0.771. The number of hydrogen-bond acceptors (Lipinski definition) is 4. The summed E-state index contributed by atoms with van der Waals surface area (Å²) in [6.45, 7) is 7.48. The summed E-state index contributed by atoms with van der Waals surface area (Å²) in [5, 5.41) is 0. The van der Waals surface area contributed by atoms with Gasteiger partial charge in [0.2, 0.25) is 0 Å². The van der Waals surface area contributed by atoms with Crippen LogP contribution < -0.4 is 4.90 Å². The maximum Gasteiger partial charge on any atom is 0.159 e. The number of nitrogens with zero attached hydrogens (tertiary/aromatic N) is 3. The fourth-order valence-electron chi connectivity index (χ4n) is 2.11. The lowest BCUT2D eigenvalue weighted by Crippen LogP contribution is -2.36. The van der Waals surface area contributed by atoms with Gasteiger partial charge in [-0.25, -0.2) is 9.97 Å². The summed E-state index contributed by atoms with van der Waals surface area (Å²) in [7, 11) is 0. The van der Waals surface area contributed by atoms with E-state index in [-0.39, 0.29) is 0 Å². The number of anilines is 1. The molecule has 0 bridgehead atoms. The number of aromatic nitrogens is 2. The van der Waals surface area contributed by atoms with Crippen molar-refractivity contribution in [2.75, 3.05) is 31.2 Å². The van der Waals surface area contributed by atoms with Gasteiger partial charge < -0.3 is 9.64 Å². The predicted molar refractivity (Wildman–Crippen MR) is 81.8 cm³/mol. The Kier molecular flexibility index (Phi) is 5.50. The molecule has 0 amide bonds. The van der Waals surface area contributed by atoms with Crippen molar-refractivity contribution in [3.05, 3.63) is 42.7 Å². The zero-order valence-corrected chi connectivity index (χ0v) is 12.1. The van der Waals surface area contributed by atoms with Crippen LogP contribution in [0.3, 0.4) is 0 Å². The van der Waals surface area contributed by atoms with Crippen LogP contribution in [0.15, 0.2) is 42.7 Å². The number of morpholine rings is 1. The lowest BCUT2D eigenvalue weighted by atomic mass is 10.1. The van der Waals surface area contributed by atoms with Crippen molar-refractivity contribution in [2.24, 2.45) is 0 Å². The van der Waals surface area contributed by atoms with Crippen molar-refractivity contribution in [2.45, 2.75) is 13.8 Å². The average Bonchev–Trinajstić information content (AvgIpc) is 2.58. The van der Waals surface area contributed by atoms with Gasteiger partial charge in [0.25, 0.3) is 0 Å². The molecule has 2 heterocycles. The van der Waals surface area contributed by atoms with Gasteiger partial charge in [-0.05, 0) is 18.2 Å². The predicted octanol–water partition coefficient (Wildman–Crippen LogP) is 3.01. The molecule has 20 heavy (non-hydrogen) atoms. The van der Waals surface area contributed by atoms with Gasteiger partial charge in [0.05, 0.1) is 13.2 Å². The standard InChI is InChI=1S/C14H15N3O.C2H6/c1-3-12(14-15-5-2-6-16-14)11-13(4-1)17-7-9-18-10-8-17;1-2/h1-6,11H,7-10H2;1-2H3. The van der Waals surface area contributed by atoms with E-state index in [0.717, 1.165) is 37.7 Å². The largest absolute Gasteiger partial charge is 0.378 e. The van der Waals surface area contributed by atoms with E-state index in [2.05, 4.69) is 33.1 Å². The Bertz CT molecular complexity index is 510. The monoisotopic (exact) mass is 271 g/mol. The molecule has 1 fully saturated rings. The molecule has 0 atom stereocenters. The van der Waals surface area contributed by atoms with Crippen molar-refractivity contribution in [3.63, 3.8) is 0 Å². The Labute approximate surface area is 120 Å². The van der Waals surface area contributed by atoms with E-state index in [9.17, 15) is 0 Å². The van der Waals surface area contributed by atoms with Crippen LogP contribution in [-0.4, -0.2) is 36.3 Å². The second-order valence-corrected chi connectivity index (χ2v) is 4.22. The van der Waals surface area contributed by atoms with Gasteiger partial charge in [-0.3, -0.25) is 0 Å². The highest BCUT2D eigenvalue weighted by Crippen LogP contribution is 2.22. The highest BCUT2D eigenvalue weighted by atomic mass is 16.5.